The number of aromatic nitrogens is 4. The standard InChI is InChI=1S/C10H11N5O/c1-2-11-5-7(1)10-14-9(15-16-10)8-6-12-3-4-13-8/h3-4,6-7,11H,1-2,5H2. The second-order valence-electron chi connectivity index (χ2n) is 3.74. The Kier molecular flexibility index (Phi) is 2.34. The van der Waals surface area contributed by atoms with Crippen molar-refractivity contribution in [1.29, 1.82) is 0 Å². The van der Waals surface area contributed by atoms with Gasteiger partial charge in [0.15, 0.2) is 0 Å². The highest BCUT2D eigenvalue weighted by molar-refractivity contribution is 5.45. The van der Waals surface area contributed by atoms with Crippen LogP contribution in [0.2, 0.25) is 0 Å². The Labute approximate surface area is 92.1 Å². The summed E-state index contributed by atoms with van der Waals surface area (Å²) >= 11 is 0. The molecule has 0 aromatic carbocycles. The van der Waals surface area contributed by atoms with Gasteiger partial charge in [0.25, 0.3) is 0 Å². The zero-order chi connectivity index (χ0) is 10.8. The van der Waals surface area contributed by atoms with Gasteiger partial charge in [0, 0.05) is 18.9 Å². The average molecular weight is 217 g/mol. The van der Waals surface area contributed by atoms with Gasteiger partial charge in [-0.1, -0.05) is 5.16 Å². The van der Waals surface area contributed by atoms with Gasteiger partial charge >= 0.3 is 0 Å². The fourth-order valence-corrected chi connectivity index (χ4v) is 1.79. The van der Waals surface area contributed by atoms with Gasteiger partial charge in [0.2, 0.25) is 11.7 Å². The topological polar surface area (TPSA) is 76.7 Å². The summed E-state index contributed by atoms with van der Waals surface area (Å²) in [7, 11) is 0. The first-order chi connectivity index (χ1) is 7.93. The van der Waals surface area contributed by atoms with Crippen LogP contribution in [0, 0.1) is 0 Å². The van der Waals surface area contributed by atoms with Gasteiger partial charge in [-0.25, -0.2) is 4.98 Å². The van der Waals surface area contributed by atoms with Crippen molar-refractivity contribution in [2.24, 2.45) is 0 Å². The van der Waals surface area contributed by atoms with Gasteiger partial charge in [0.1, 0.15) is 5.69 Å². The first-order valence-corrected chi connectivity index (χ1v) is 5.24. The van der Waals surface area contributed by atoms with Crippen LogP contribution in [0.15, 0.2) is 23.1 Å². The third-order valence-electron chi connectivity index (χ3n) is 2.64. The Balaban J connectivity index is 1.87. The van der Waals surface area contributed by atoms with Crippen molar-refractivity contribution in [3.8, 4) is 11.5 Å². The summed E-state index contributed by atoms with van der Waals surface area (Å²) < 4.78 is 5.23. The molecular formula is C10H11N5O. The molecule has 0 spiro atoms. The van der Waals surface area contributed by atoms with E-state index in [1.807, 2.05) is 0 Å². The highest BCUT2D eigenvalue weighted by Crippen LogP contribution is 2.22. The molecule has 1 unspecified atom stereocenters. The Morgan fingerprint density at radius 2 is 2.38 bits per heavy atom. The van der Waals surface area contributed by atoms with Gasteiger partial charge in [-0.2, -0.15) is 4.98 Å². The molecule has 1 saturated heterocycles. The fourth-order valence-electron chi connectivity index (χ4n) is 1.79. The van der Waals surface area contributed by atoms with E-state index in [-0.39, 0.29) is 0 Å². The molecule has 82 valence electrons. The van der Waals surface area contributed by atoms with Crippen LogP contribution in [0.3, 0.4) is 0 Å². The summed E-state index contributed by atoms with van der Waals surface area (Å²) in [6.07, 6.45) is 5.90. The van der Waals surface area contributed by atoms with Gasteiger partial charge in [-0.3, -0.25) is 4.98 Å². The van der Waals surface area contributed by atoms with E-state index >= 15 is 0 Å². The molecule has 16 heavy (non-hydrogen) atoms. The molecule has 0 radical (unpaired) electrons. The number of nitrogens with one attached hydrogen (secondary N) is 1. The summed E-state index contributed by atoms with van der Waals surface area (Å²) in [6, 6.07) is 0. The molecule has 6 heteroatoms. The molecule has 1 N–H and O–H groups in total. The van der Waals surface area contributed by atoms with E-state index in [1.165, 1.54) is 0 Å². The fraction of sp³-hybridized carbons (Fsp3) is 0.400. The van der Waals surface area contributed by atoms with Crippen molar-refractivity contribution in [2.45, 2.75) is 12.3 Å². The van der Waals surface area contributed by atoms with Crippen LogP contribution in [0.25, 0.3) is 11.5 Å². The summed E-state index contributed by atoms with van der Waals surface area (Å²) in [5.41, 5.74) is 0.642. The highest BCUT2D eigenvalue weighted by Gasteiger charge is 2.23. The first kappa shape index (κ1) is 9.41. The number of nitrogens with zero attached hydrogens (tertiary/aromatic N) is 4. The molecule has 0 aliphatic carbocycles. The molecule has 1 atom stereocenters. The predicted octanol–water partition coefficient (Wildman–Crippen LogP) is 0.603. The van der Waals surface area contributed by atoms with Crippen LogP contribution in [-0.2, 0) is 0 Å². The van der Waals surface area contributed by atoms with Gasteiger partial charge in [-0.05, 0) is 13.0 Å². The minimum Gasteiger partial charge on any atom is -0.339 e. The van der Waals surface area contributed by atoms with E-state index < -0.39 is 0 Å². The average Bonchev–Trinajstić information content (AvgIpc) is 3.01. The predicted molar refractivity (Wildman–Crippen MR) is 55.6 cm³/mol. The lowest BCUT2D eigenvalue weighted by atomic mass is 10.1. The van der Waals surface area contributed by atoms with E-state index in [4.69, 9.17) is 4.52 Å². The van der Waals surface area contributed by atoms with Crippen LogP contribution >= 0.6 is 0 Å². The molecular weight excluding hydrogens is 206 g/mol. The molecule has 1 aliphatic heterocycles. The van der Waals surface area contributed by atoms with E-state index in [0.717, 1.165) is 19.5 Å². The number of hydrogen-bond acceptors (Lipinski definition) is 6. The summed E-state index contributed by atoms with van der Waals surface area (Å²) in [5, 5.41) is 7.18. The number of hydrogen-bond donors (Lipinski definition) is 1. The maximum absolute atomic E-state index is 5.23. The summed E-state index contributed by atoms with van der Waals surface area (Å²) in [4.78, 5) is 12.4. The summed E-state index contributed by atoms with van der Waals surface area (Å²) in [6.45, 7) is 1.91. The monoisotopic (exact) mass is 217 g/mol. The maximum atomic E-state index is 5.23. The van der Waals surface area contributed by atoms with Crippen molar-refractivity contribution >= 4 is 0 Å². The third kappa shape index (κ3) is 1.67. The molecule has 2 aromatic rings. The van der Waals surface area contributed by atoms with Crippen molar-refractivity contribution in [1.82, 2.24) is 25.4 Å². The Morgan fingerprint density at radius 3 is 3.12 bits per heavy atom. The van der Waals surface area contributed by atoms with Crippen LogP contribution in [0.4, 0.5) is 0 Å². The smallest absolute Gasteiger partial charge is 0.231 e. The first-order valence-electron chi connectivity index (χ1n) is 5.24. The Hall–Kier alpha value is -1.82. The van der Waals surface area contributed by atoms with Crippen molar-refractivity contribution in [3.05, 3.63) is 24.5 Å². The lowest BCUT2D eigenvalue weighted by Gasteiger charge is -1.98. The lowest BCUT2D eigenvalue weighted by molar-refractivity contribution is 0.359. The zero-order valence-electron chi connectivity index (χ0n) is 8.63. The maximum Gasteiger partial charge on any atom is 0.231 e. The lowest BCUT2D eigenvalue weighted by Crippen LogP contribution is -2.08. The van der Waals surface area contributed by atoms with Crippen LogP contribution in [-0.4, -0.2) is 33.2 Å². The van der Waals surface area contributed by atoms with Crippen molar-refractivity contribution in [3.63, 3.8) is 0 Å². The second-order valence-corrected chi connectivity index (χ2v) is 3.74. The van der Waals surface area contributed by atoms with Crippen LogP contribution in [0.5, 0.6) is 0 Å². The minimum absolute atomic E-state index is 0.331. The molecule has 0 saturated carbocycles. The van der Waals surface area contributed by atoms with Crippen molar-refractivity contribution in [2.75, 3.05) is 13.1 Å². The molecule has 3 heterocycles. The van der Waals surface area contributed by atoms with E-state index in [9.17, 15) is 0 Å². The molecule has 1 fully saturated rings. The van der Waals surface area contributed by atoms with Gasteiger partial charge in [-0.15, -0.1) is 0 Å². The molecule has 2 aromatic heterocycles. The molecule has 0 bridgehead atoms. The number of rotatable bonds is 2. The minimum atomic E-state index is 0.331. The zero-order valence-corrected chi connectivity index (χ0v) is 8.63. The quantitative estimate of drug-likeness (QED) is 0.793. The van der Waals surface area contributed by atoms with E-state index in [0.29, 0.717) is 23.3 Å². The molecule has 1 aliphatic rings. The third-order valence-corrected chi connectivity index (χ3v) is 2.64. The highest BCUT2D eigenvalue weighted by atomic mass is 16.5. The van der Waals surface area contributed by atoms with E-state index in [2.05, 4.69) is 25.4 Å². The normalized spacial score (nSPS) is 20.1. The molecule has 0 amide bonds. The molecule has 3 rings (SSSR count). The van der Waals surface area contributed by atoms with Crippen molar-refractivity contribution < 1.29 is 4.52 Å². The van der Waals surface area contributed by atoms with Crippen LogP contribution in [0.1, 0.15) is 18.2 Å². The van der Waals surface area contributed by atoms with Gasteiger partial charge < -0.3 is 9.84 Å². The second kappa shape index (κ2) is 3.97. The van der Waals surface area contributed by atoms with E-state index in [1.54, 1.807) is 18.6 Å². The summed E-state index contributed by atoms with van der Waals surface area (Å²) in [5.74, 6) is 1.53. The Morgan fingerprint density at radius 1 is 1.38 bits per heavy atom. The Bertz CT molecular complexity index is 463. The molecule has 6 nitrogen and oxygen atoms in total. The largest absolute Gasteiger partial charge is 0.339 e. The SMILES string of the molecule is c1cnc(-c2noc(C3CCNC3)n2)cn1. The van der Waals surface area contributed by atoms with Crippen LogP contribution < -0.4 is 5.32 Å². The van der Waals surface area contributed by atoms with Gasteiger partial charge in [0.05, 0.1) is 12.1 Å².